The van der Waals surface area contributed by atoms with Crippen LogP contribution in [0.25, 0.3) is 0 Å². The third-order valence-electron chi connectivity index (χ3n) is 4.26. The Balaban J connectivity index is 0.00000264. The van der Waals surface area contributed by atoms with E-state index in [1.807, 2.05) is 25.4 Å². The minimum Gasteiger partial charge on any atom is -0.356 e. The molecule has 130 valence electrons. The summed E-state index contributed by atoms with van der Waals surface area (Å²) >= 11 is 0. The van der Waals surface area contributed by atoms with Crippen molar-refractivity contribution < 1.29 is 0 Å². The van der Waals surface area contributed by atoms with Gasteiger partial charge in [-0.05, 0) is 44.5 Å². The highest BCUT2D eigenvalue weighted by atomic mass is 127. The van der Waals surface area contributed by atoms with Gasteiger partial charge >= 0.3 is 0 Å². The Hall–Kier alpha value is -0.890. The number of guanidine groups is 1. The fourth-order valence-corrected chi connectivity index (χ4v) is 2.93. The monoisotopic (exact) mass is 431 g/mol. The largest absolute Gasteiger partial charge is 0.356 e. The third kappa shape index (κ3) is 7.03. The Morgan fingerprint density at radius 1 is 1.30 bits per heavy atom. The van der Waals surface area contributed by atoms with Gasteiger partial charge in [-0.3, -0.25) is 14.9 Å². The first-order valence-corrected chi connectivity index (χ1v) is 8.42. The van der Waals surface area contributed by atoms with E-state index < -0.39 is 0 Å². The molecule has 1 aliphatic heterocycles. The molecule has 1 fully saturated rings. The summed E-state index contributed by atoms with van der Waals surface area (Å²) in [4.78, 5) is 11.2. The van der Waals surface area contributed by atoms with Gasteiger partial charge in [-0.25, -0.2) is 0 Å². The predicted molar refractivity (Wildman–Crippen MR) is 108 cm³/mol. The maximum atomic E-state index is 4.33. The lowest BCUT2D eigenvalue weighted by molar-refractivity contribution is 0.236. The van der Waals surface area contributed by atoms with Gasteiger partial charge < -0.3 is 10.6 Å². The number of likely N-dealkylation sites (tertiary alicyclic amines) is 1. The first-order chi connectivity index (χ1) is 10.8. The Bertz CT molecular complexity index is 446. The molecule has 1 aliphatic rings. The van der Waals surface area contributed by atoms with Gasteiger partial charge in [-0.2, -0.15) is 0 Å². The summed E-state index contributed by atoms with van der Waals surface area (Å²) in [6, 6.07) is 6.63. The lowest BCUT2D eigenvalue weighted by Crippen LogP contribution is -2.46. The van der Waals surface area contributed by atoms with Crippen molar-refractivity contribution in [1.82, 2.24) is 20.5 Å². The average Bonchev–Trinajstić information content (AvgIpc) is 3.09. The van der Waals surface area contributed by atoms with Crippen molar-refractivity contribution in [2.75, 3.05) is 33.2 Å². The molecule has 1 aromatic heterocycles. The predicted octanol–water partition coefficient (Wildman–Crippen LogP) is 2.28. The molecule has 2 rings (SSSR count). The van der Waals surface area contributed by atoms with Crippen molar-refractivity contribution in [3.8, 4) is 0 Å². The molecule has 1 aromatic rings. The Labute approximate surface area is 157 Å². The highest BCUT2D eigenvalue weighted by molar-refractivity contribution is 14.0. The molecule has 23 heavy (non-hydrogen) atoms. The molecule has 0 spiro atoms. The van der Waals surface area contributed by atoms with Gasteiger partial charge in [0.05, 0.1) is 0 Å². The zero-order valence-corrected chi connectivity index (χ0v) is 16.6. The summed E-state index contributed by atoms with van der Waals surface area (Å²) in [6.45, 7) is 6.55. The Kier molecular flexibility index (Phi) is 10.2. The first-order valence-electron chi connectivity index (χ1n) is 8.42. The standard InChI is InChI=1S/C17H29N5.HI/c1-3-16(22-12-6-7-13-22)14-21-17(18-2)20-11-9-15-8-4-5-10-19-15;/h4-5,8,10,16H,3,6-7,9,11-14H2,1-2H3,(H2,18,20,21);1H. The van der Waals surface area contributed by atoms with E-state index in [0.29, 0.717) is 6.04 Å². The summed E-state index contributed by atoms with van der Waals surface area (Å²) in [7, 11) is 1.83. The number of hydrogen-bond donors (Lipinski definition) is 2. The summed E-state index contributed by atoms with van der Waals surface area (Å²) < 4.78 is 0. The zero-order chi connectivity index (χ0) is 15.6. The molecule has 0 bridgehead atoms. The molecule has 2 N–H and O–H groups in total. The Morgan fingerprint density at radius 2 is 2.09 bits per heavy atom. The van der Waals surface area contributed by atoms with Gasteiger partial charge in [0.2, 0.25) is 0 Å². The highest BCUT2D eigenvalue weighted by Gasteiger charge is 2.20. The van der Waals surface area contributed by atoms with Crippen molar-refractivity contribution in [2.45, 2.75) is 38.6 Å². The average molecular weight is 431 g/mol. The van der Waals surface area contributed by atoms with Crippen LogP contribution in [0, 0.1) is 0 Å². The smallest absolute Gasteiger partial charge is 0.191 e. The quantitative estimate of drug-likeness (QED) is 0.395. The zero-order valence-electron chi connectivity index (χ0n) is 14.3. The molecule has 0 aromatic carbocycles. The maximum absolute atomic E-state index is 4.33. The third-order valence-corrected chi connectivity index (χ3v) is 4.26. The molecule has 1 atom stereocenters. The van der Waals surface area contributed by atoms with E-state index in [1.54, 1.807) is 0 Å². The molecule has 0 aliphatic carbocycles. The van der Waals surface area contributed by atoms with Crippen molar-refractivity contribution in [3.05, 3.63) is 30.1 Å². The minimum atomic E-state index is 0. The molecule has 6 heteroatoms. The van der Waals surface area contributed by atoms with E-state index >= 15 is 0 Å². The molecule has 0 saturated carbocycles. The Morgan fingerprint density at radius 3 is 2.70 bits per heavy atom. The van der Waals surface area contributed by atoms with Gasteiger partial charge in [0.25, 0.3) is 0 Å². The number of nitrogens with zero attached hydrogens (tertiary/aromatic N) is 3. The van der Waals surface area contributed by atoms with E-state index in [-0.39, 0.29) is 24.0 Å². The van der Waals surface area contributed by atoms with Crippen LogP contribution in [0.15, 0.2) is 29.4 Å². The second kappa shape index (κ2) is 11.6. The number of halogens is 1. The fourth-order valence-electron chi connectivity index (χ4n) is 2.93. The van der Waals surface area contributed by atoms with Crippen LogP contribution in [-0.4, -0.2) is 55.1 Å². The number of hydrogen-bond acceptors (Lipinski definition) is 3. The first kappa shape index (κ1) is 20.2. The van der Waals surface area contributed by atoms with Crippen molar-refractivity contribution in [1.29, 1.82) is 0 Å². The van der Waals surface area contributed by atoms with Crippen molar-refractivity contribution in [3.63, 3.8) is 0 Å². The molecule has 5 nitrogen and oxygen atoms in total. The molecule has 0 amide bonds. The van der Waals surface area contributed by atoms with Crippen LogP contribution in [0.1, 0.15) is 31.9 Å². The lowest BCUT2D eigenvalue weighted by Gasteiger charge is -2.27. The van der Waals surface area contributed by atoms with Gasteiger partial charge in [0.1, 0.15) is 0 Å². The van der Waals surface area contributed by atoms with Crippen LogP contribution in [0.3, 0.4) is 0 Å². The number of aromatic nitrogens is 1. The number of aliphatic imine (C=N–C) groups is 1. The summed E-state index contributed by atoms with van der Waals surface area (Å²) in [5.74, 6) is 0.883. The number of nitrogens with one attached hydrogen (secondary N) is 2. The molecule has 2 heterocycles. The van der Waals surface area contributed by atoms with Crippen molar-refractivity contribution in [2.24, 2.45) is 4.99 Å². The van der Waals surface area contributed by atoms with Crippen LogP contribution < -0.4 is 10.6 Å². The molecule has 1 saturated heterocycles. The molecule has 0 radical (unpaired) electrons. The van der Waals surface area contributed by atoms with Gasteiger partial charge in [0.15, 0.2) is 5.96 Å². The minimum absolute atomic E-state index is 0. The molecular formula is C17H30IN5. The van der Waals surface area contributed by atoms with E-state index in [2.05, 4.69) is 38.5 Å². The van der Waals surface area contributed by atoms with E-state index in [1.165, 1.54) is 32.4 Å². The number of rotatable bonds is 7. The van der Waals surface area contributed by atoms with Crippen LogP contribution in [-0.2, 0) is 6.42 Å². The second-order valence-electron chi connectivity index (χ2n) is 5.76. The maximum Gasteiger partial charge on any atom is 0.191 e. The van der Waals surface area contributed by atoms with Crippen LogP contribution in [0.5, 0.6) is 0 Å². The molecular weight excluding hydrogens is 401 g/mol. The van der Waals surface area contributed by atoms with E-state index in [4.69, 9.17) is 0 Å². The van der Waals surface area contributed by atoms with Gasteiger partial charge in [-0.1, -0.05) is 13.0 Å². The fraction of sp³-hybridized carbons (Fsp3) is 0.647. The summed E-state index contributed by atoms with van der Waals surface area (Å²) in [6.07, 6.45) is 6.61. The van der Waals surface area contributed by atoms with Crippen LogP contribution in [0.4, 0.5) is 0 Å². The SMILES string of the molecule is CCC(CNC(=NC)NCCc1ccccn1)N1CCCC1.I. The molecule has 1 unspecified atom stereocenters. The summed E-state index contributed by atoms with van der Waals surface area (Å²) in [5.41, 5.74) is 1.11. The van der Waals surface area contributed by atoms with Crippen molar-refractivity contribution >= 4 is 29.9 Å². The summed E-state index contributed by atoms with van der Waals surface area (Å²) in [5, 5.41) is 6.83. The normalized spacial score (nSPS) is 16.7. The topological polar surface area (TPSA) is 52.6 Å². The highest BCUT2D eigenvalue weighted by Crippen LogP contribution is 2.13. The van der Waals surface area contributed by atoms with Gasteiger partial charge in [0, 0.05) is 44.5 Å². The lowest BCUT2D eigenvalue weighted by atomic mass is 10.2. The number of pyridine rings is 1. The van der Waals surface area contributed by atoms with Gasteiger partial charge in [-0.15, -0.1) is 24.0 Å². The van der Waals surface area contributed by atoms with Crippen LogP contribution in [0.2, 0.25) is 0 Å². The van der Waals surface area contributed by atoms with E-state index in [9.17, 15) is 0 Å². The second-order valence-corrected chi connectivity index (χ2v) is 5.76. The van der Waals surface area contributed by atoms with Crippen LogP contribution >= 0.6 is 24.0 Å². The van der Waals surface area contributed by atoms with E-state index in [0.717, 1.165) is 31.2 Å².